The molecule has 0 aliphatic carbocycles. The lowest BCUT2D eigenvalue weighted by atomic mass is 9.99. The molecule has 0 radical (unpaired) electrons. The maximum absolute atomic E-state index is 13.1. The minimum atomic E-state index is -0.236. The SMILES string of the molecule is CCc1cnc(-c2ccccc2-c2ccc(F)cc2)nc1. The van der Waals surface area contributed by atoms with Crippen molar-refractivity contribution in [2.24, 2.45) is 0 Å². The number of hydrogen-bond donors (Lipinski definition) is 0. The number of halogens is 1. The van der Waals surface area contributed by atoms with E-state index >= 15 is 0 Å². The summed E-state index contributed by atoms with van der Waals surface area (Å²) in [5, 5.41) is 0. The number of nitrogens with zero attached hydrogens (tertiary/aromatic N) is 2. The maximum atomic E-state index is 13.1. The molecule has 0 unspecified atom stereocenters. The van der Waals surface area contributed by atoms with E-state index in [-0.39, 0.29) is 5.82 Å². The van der Waals surface area contributed by atoms with E-state index in [1.807, 2.05) is 36.7 Å². The molecule has 0 aliphatic rings. The molecule has 104 valence electrons. The van der Waals surface area contributed by atoms with Crippen LogP contribution in [0.5, 0.6) is 0 Å². The Morgan fingerprint density at radius 3 is 2.10 bits per heavy atom. The molecular weight excluding hydrogens is 263 g/mol. The Balaban J connectivity index is 2.08. The van der Waals surface area contributed by atoms with Crippen LogP contribution in [0.2, 0.25) is 0 Å². The van der Waals surface area contributed by atoms with Gasteiger partial charge in [-0.15, -0.1) is 0 Å². The highest BCUT2D eigenvalue weighted by atomic mass is 19.1. The van der Waals surface area contributed by atoms with E-state index in [2.05, 4.69) is 16.9 Å². The minimum Gasteiger partial charge on any atom is -0.236 e. The van der Waals surface area contributed by atoms with Crippen molar-refractivity contribution in [3.63, 3.8) is 0 Å². The molecule has 0 aliphatic heterocycles. The monoisotopic (exact) mass is 278 g/mol. The van der Waals surface area contributed by atoms with E-state index in [9.17, 15) is 4.39 Å². The molecule has 0 saturated heterocycles. The summed E-state index contributed by atoms with van der Waals surface area (Å²) in [6, 6.07) is 14.4. The molecular formula is C18H15FN2. The molecule has 0 N–H and O–H groups in total. The quantitative estimate of drug-likeness (QED) is 0.704. The molecule has 0 saturated carbocycles. The van der Waals surface area contributed by atoms with Gasteiger partial charge < -0.3 is 0 Å². The van der Waals surface area contributed by atoms with Gasteiger partial charge in [0.1, 0.15) is 5.82 Å². The van der Waals surface area contributed by atoms with Crippen LogP contribution in [0.3, 0.4) is 0 Å². The van der Waals surface area contributed by atoms with Gasteiger partial charge >= 0.3 is 0 Å². The van der Waals surface area contributed by atoms with Gasteiger partial charge in [0.25, 0.3) is 0 Å². The lowest BCUT2D eigenvalue weighted by Gasteiger charge is -2.09. The third-order valence-electron chi connectivity index (χ3n) is 3.44. The smallest absolute Gasteiger partial charge is 0.159 e. The summed E-state index contributed by atoms with van der Waals surface area (Å²) in [6.07, 6.45) is 4.62. The van der Waals surface area contributed by atoms with Crippen molar-refractivity contribution in [1.82, 2.24) is 9.97 Å². The topological polar surface area (TPSA) is 25.8 Å². The van der Waals surface area contributed by atoms with Crippen LogP contribution in [0, 0.1) is 5.82 Å². The van der Waals surface area contributed by atoms with Gasteiger partial charge in [-0.25, -0.2) is 14.4 Å². The van der Waals surface area contributed by atoms with Crippen molar-refractivity contribution in [3.8, 4) is 22.5 Å². The lowest BCUT2D eigenvalue weighted by molar-refractivity contribution is 0.628. The van der Waals surface area contributed by atoms with Crippen LogP contribution in [-0.2, 0) is 6.42 Å². The number of aryl methyl sites for hydroxylation is 1. The van der Waals surface area contributed by atoms with Gasteiger partial charge in [0.15, 0.2) is 5.82 Å². The number of rotatable bonds is 3. The van der Waals surface area contributed by atoms with Gasteiger partial charge in [-0.3, -0.25) is 0 Å². The van der Waals surface area contributed by atoms with Crippen LogP contribution >= 0.6 is 0 Å². The minimum absolute atomic E-state index is 0.236. The van der Waals surface area contributed by atoms with Crippen molar-refractivity contribution >= 4 is 0 Å². The Bertz CT molecular complexity index is 734. The Morgan fingerprint density at radius 2 is 1.48 bits per heavy atom. The van der Waals surface area contributed by atoms with Gasteiger partial charge in [-0.05, 0) is 35.2 Å². The van der Waals surface area contributed by atoms with Crippen molar-refractivity contribution in [2.75, 3.05) is 0 Å². The van der Waals surface area contributed by atoms with Crippen LogP contribution in [-0.4, -0.2) is 9.97 Å². The molecule has 21 heavy (non-hydrogen) atoms. The fourth-order valence-corrected chi connectivity index (χ4v) is 2.24. The van der Waals surface area contributed by atoms with Gasteiger partial charge in [-0.1, -0.05) is 43.3 Å². The van der Waals surface area contributed by atoms with Crippen LogP contribution in [0.4, 0.5) is 4.39 Å². The van der Waals surface area contributed by atoms with Crippen molar-refractivity contribution in [2.45, 2.75) is 13.3 Å². The zero-order chi connectivity index (χ0) is 14.7. The van der Waals surface area contributed by atoms with Crippen LogP contribution in [0.1, 0.15) is 12.5 Å². The summed E-state index contributed by atoms with van der Waals surface area (Å²) in [4.78, 5) is 8.88. The zero-order valence-electron chi connectivity index (χ0n) is 11.8. The van der Waals surface area contributed by atoms with E-state index in [1.165, 1.54) is 12.1 Å². The van der Waals surface area contributed by atoms with Crippen molar-refractivity contribution in [3.05, 3.63) is 72.3 Å². The number of benzene rings is 2. The summed E-state index contributed by atoms with van der Waals surface area (Å²) in [5.74, 6) is 0.451. The Labute approximate surface area is 123 Å². The van der Waals surface area contributed by atoms with Crippen LogP contribution in [0.15, 0.2) is 60.9 Å². The van der Waals surface area contributed by atoms with E-state index in [0.29, 0.717) is 5.82 Å². The van der Waals surface area contributed by atoms with Crippen LogP contribution < -0.4 is 0 Å². The van der Waals surface area contributed by atoms with E-state index in [4.69, 9.17) is 0 Å². The first-order chi connectivity index (χ1) is 10.3. The maximum Gasteiger partial charge on any atom is 0.159 e. The van der Waals surface area contributed by atoms with Crippen molar-refractivity contribution < 1.29 is 4.39 Å². The zero-order valence-corrected chi connectivity index (χ0v) is 11.8. The first-order valence-electron chi connectivity index (χ1n) is 6.94. The molecule has 3 heteroatoms. The molecule has 1 aromatic heterocycles. The van der Waals surface area contributed by atoms with Gasteiger partial charge in [0, 0.05) is 18.0 Å². The Kier molecular flexibility index (Phi) is 3.73. The molecule has 0 fully saturated rings. The van der Waals surface area contributed by atoms with Gasteiger partial charge in [-0.2, -0.15) is 0 Å². The highest BCUT2D eigenvalue weighted by molar-refractivity contribution is 5.80. The first kappa shape index (κ1) is 13.4. The predicted molar refractivity (Wildman–Crippen MR) is 82.2 cm³/mol. The second-order valence-corrected chi connectivity index (χ2v) is 4.82. The molecule has 0 spiro atoms. The highest BCUT2D eigenvalue weighted by Crippen LogP contribution is 2.29. The van der Waals surface area contributed by atoms with Crippen molar-refractivity contribution in [1.29, 1.82) is 0 Å². The normalized spacial score (nSPS) is 10.6. The lowest BCUT2D eigenvalue weighted by Crippen LogP contribution is -1.93. The summed E-state index contributed by atoms with van der Waals surface area (Å²) >= 11 is 0. The summed E-state index contributed by atoms with van der Waals surface area (Å²) in [7, 11) is 0. The molecule has 2 aromatic carbocycles. The fourth-order valence-electron chi connectivity index (χ4n) is 2.24. The summed E-state index contributed by atoms with van der Waals surface area (Å²) in [6.45, 7) is 2.07. The molecule has 0 atom stereocenters. The van der Waals surface area contributed by atoms with Gasteiger partial charge in [0.2, 0.25) is 0 Å². The third-order valence-corrected chi connectivity index (χ3v) is 3.44. The second kappa shape index (κ2) is 5.83. The van der Waals surface area contributed by atoms with Gasteiger partial charge in [0.05, 0.1) is 0 Å². The average molecular weight is 278 g/mol. The average Bonchev–Trinajstić information content (AvgIpc) is 2.56. The standard InChI is InChI=1S/C18H15FN2/c1-2-13-11-20-18(21-12-13)17-6-4-3-5-16(17)14-7-9-15(19)10-8-14/h3-12H,2H2,1H3. The first-order valence-corrected chi connectivity index (χ1v) is 6.94. The van der Waals surface area contributed by atoms with E-state index in [1.54, 1.807) is 12.1 Å². The predicted octanol–water partition coefficient (Wildman–Crippen LogP) is 4.51. The molecule has 2 nitrogen and oxygen atoms in total. The Hall–Kier alpha value is -2.55. The molecule has 0 bridgehead atoms. The summed E-state index contributed by atoms with van der Waals surface area (Å²) in [5.41, 5.74) is 4.02. The van der Waals surface area contributed by atoms with E-state index < -0.39 is 0 Å². The largest absolute Gasteiger partial charge is 0.236 e. The molecule has 3 aromatic rings. The molecule has 0 amide bonds. The second-order valence-electron chi connectivity index (χ2n) is 4.82. The van der Waals surface area contributed by atoms with E-state index in [0.717, 1.165) is 28.7 Å². The summed E-state index contributed by atoms with van der Waals surface area (Å²) < 4.78 is 13.1. The number of hydrogen-bond acceptors (Lipinski definition) is 2. The number of aromatic nitrogens is 2. The molecule has 1 heterocycles. The van der Waals surface area contributed by atoms with Crippen LogP contribution in [0.25, 0.3) is 22.5 Å². The molecule has 3 rings (SSSR count). The Morgan fingerprint density at radius 1 is 0.857 bits per heavy atom. The fraction of sp³-hybridized carbons (Fsp3) is 0.111. The third kappa shape index (κ3) is 2.82. The highest BCUT2D eigenvalue weighted by Gasteiger charge is 2.09.